The lowest BCUT2D eigenvalue weighted by molar-refractivity contribution is -0.140. The number of likely N-dealkylation sites (tertiary alicyclic amines) is 1. The summed E-state index contributed by atoms with van der Waals surface area (Å²) in [4.78, 5) is 28.5. The monoisotopic (exact) mass is 374 g/mol. The lowest BCUT2D eigenvalue weighted by atomic mass is 10.2. The van der Waals surface area contributed by atoms with Gasteiger partial charge in [-0.3, -0.25) is 19.4 Å². The smallest absolute Gasteiger partial charge is 0.247 e. The van der Waals surface area contributed by atoms with Crippen molar-refractivity contribution in [1.29, 1.82) is 0 Å². The summed E-state index contributed by atoms with van der Waals surface area (Å²) in [7, 11) is 1.88. The predicted octanol–water partition coefficient (Wildman–Crippen LogP) is 2.63. The van der Waals surface area contributed by atoms with Gasteiger partial charge in [-0.2, -0.15) is 5.10 Å². The molecule has 1 aromatic heterocycles. The van der Waals surface area contributed by atoms with Gasteiger partial charge in [-0.25, -0.2) is 4.68 Å². The number of rotatable bonds is 6. The Hall–Kier alpha value is -3.25. The maximum atomic E-state index is 12.8. The number of hydrogen-bond acceptors (Lipinski definition) is 4. The van der Waals surface area contributed by atoms with E-state index in [-0.39, 0.29) is 18.2 Å². The molecule has 0 aliphatic carbocycles. The summed E-state index contributed by atoms with van der Waals surface area (Å²) in [6, 6.07) is 19.0. The van der Waals surface area contributed by atoms with E-state index in [0.717, 1.165) is 16.8 Å². The molecule has 1 fully saturated rings. The molecule has 0 saturated carbocycles. The molecule has 28 heavy (non-hydrogen) atoms. The fourth-order valence-corrected chi connectivity index (χ4v) is 3.50. The number of para-hydroxylation sites is 1. The van der Waals surface area contributed by atoms with Gasteiger partial charge in [0.2, 0.25) is 11.8 Å². The first-order valence-corrected chi connectivity index (χ1v) is 9.29. The Morgan fingerprint density at radius 1 is 1.00 bits per heavy atom. The Labute approximate surface area is 164 Å². The molecule has 0 bridgehead atoms. The van der Waals surface area contributed by atoms with Gasteiger partial charge >= 0.3 is 0 Å². The van der Waals surface area contributed by atoms with Gasteiger partial charge in [0.1, 0.15) is 0 Å². The molecule has 1 aliphatic rings. The Bertz CT molecular complexity index is 968. The summed E-state index contributed by atoms with van der Waals surface area (Å²) < 4.78 is 1.81. The van der Waals surface area contributed by atoms with Crippen LogP contribution in [0.25, 0.3) is 5.69 Å². The zero-order chi connectivity index (χ0) is 19.5. The first-order valence-electron chi connectivity index (χ1n) is 9.29. The van der Waals surface area contributed by atoms with E-state index >= 15 is 0 Å². The molecule has 2 heterocycles. The van der Waals surface area contributed by atoms with Gasteiger partial charge < -0.3 is 0 Å². The molecule has 1 saturated heterocycles. The van der Waals surface area contributed by atoms with Crippen LogP contribution in [0.3, 0.4) is 0 Å². The molecule has 1 atom stereocenters. The molecule has 3 aromatic rings. The van der Waals surface area contributed by atoms with Gasteiger partial charge in [0.05, 0.1) is 30.9 Å². The molecule has 142 valence electrons. The topological polar surface area (TPSA) is 58.4 Å². The number of imide groups is 1. The first kappa shape index (κ1) is 18.1. The molecule has 0 spiro atoms. The van der Waals surface area contributed by atoms with Crippen molar-refractivity contribution in [2.24, 2.45) is 0 Å². The lowest BCUT2D eigenvalue weighted by Gasteiger charge is -2.22. The summed E-state index contributed by atoms with van der Waals surface area (Å²) >= 11 is 0. The van der Waals surface area contributed by atoms with Crippen molar-refractivity contribution in [3.63, 3.8) is 0 Å². The molecule has 0 radical (unpaired) electrons. The highest BCUT2D eigenvalue weighted by molar-refractivity contribution is 6.05. The standard InChI is InChI=1S/C22H22N4O2/c1-24(14-18-13-23-26(16-18)19-10-6-3-7-11-19)20-12-21(27)25(22(20)28)15-17-8-4-2-5-9-17/h2-11,13,16,20H,12,14-15H2,1H3. The van der Waals surface area contributed by atoms with Crippen molar-refractivity contribution in [3.8, 4) is 5.69 Å². The summed E-state index contributed by atoms with van der Waals surface area (Å²) in [5, 5.41) is 4.40. The van der Waals surface area contributed by atoms with Crippen LogP contribution >= 0.6 is 0 Å². The summed E-state index contributed by atoms with van der Waals surface area (Å²) in [5.74, 6) is -0.252. The molecule has 4 rings (SSSR count). The second-order valence-electron chi connectivity index (χ2n) is 7.07. The van der Waals surface area contributed by atoms with E-state index in [4.69, 9.17) is 0 Å². The van der Waals surface area contributed by atoms with E-state index in [1.54, 1.807) is 6.20 Å². The van der Waals surface area contributed by atoms with Crippen LogP contribution in [0.4, 0.5) is 0 Å². The van der Waals surface area contributed by atoms with Crippen LogP contribution in [0.2, 0.25) is 0 Å². The highest BCUT2D eigenvalue weighted by Crippen LogP contribution is 2.22. The number of aromatic nitrogens is 2. The molecular formula is C22H22N4O2. The molecular weight excluding hydrogens is 352 g/mol. The van der Waals surface area contributed by atoms with Gasteiger partial charge in [-0.05, 0) is 24.7 Å². The van der Waals surface area contributed by atoms with Crippen molar-refractivity contribution in [1.82, 2.24) is 19.6 Å². The lowest BCUT2D eigenvalue weighted by Crippen LogP contribution is -2.39. The zero-order valence-corrected chi connectivity index (χ0v) is 15.7. The Balaban J connectivity index is 1.42. The highest BCUT2D eigenvalue weighted by Gasteiger charge is 2.40. The van der Waals surface area contributed by atoms with E-state index in [0.29, 0.717) is 13.1 Å². The predicted molar refractivity (Wildman–Crippen MR) is 105 cm³/mol. The number of carbonyl (C=O) groups excluding carboxylic acids is 2. The van der Waals surface area contributed by atoms with E-state index in [1.165, 1.54) is 4.90 Å². The molecule has 0 N–H and O–H groups in total. The normalized spacial score (nSPS) is 16.9. The zero-order valence-electron chi connectivity index (χ0n) is 15.7. The van der Waals surface area contributed by atoms with Crippen LogP contribution in [0.15, 0.2) is 73.1 Å². The average molecular weight is 374 g/mol. The van der Waals surface area contributed by atoms with E-state index < -0.39 is 6.04 Å². The second kappa shape index (κ2) is 7.78. The molecule has 1 unspecified atom stereocenters. The van der Waals surface area contributed by atoms with Crippen LogP contribution in [-0.4, -0.2) is 44.5 Å². The van der Waals surface area contributed by atoms with Crippen molar-refractivity contribution in [2.45, 2.75) is 25.6 Å². The Morgan fingerprint density at radius 2 is 1.68 bits per heavy atom. The minimum atomic E-state index is -0.434. The largest absolute Gasteiger partial charge is 0.290 e. The number of amides is 2. The number of hydrogen-bond donors (Lipinski definition) is 0. The minimum absolute atomic E-state index is 0.120. The van der Waals surface area contributed by atoms with Gasteiger partial charge in [0.15, 0.2) is 0 Å². The highest BCUT2D eigenvalue weighted by atomic mass is 16.2. The van der Waals surface area contributed by atoms with Gasteiger partial charge in [0, 0.05) is 18.3 Å². The van der Waals surface area contributed by atoms with Crippen LogP contribution in [0.5, 0.6) is 0 Å². The molecule has 2 amide bonds. The summed E-state index contributed by atoms with van der Waals surface area (Å²) in [6.45, 7) is 0.879. The van der Waals surface area contributed by atoms with Crippen LogP contribution in [-0.2, 0) is 22.7 Å². The van der Waals surface area contributed by atoms with Gasteiger partial charge in [-0.1, -0.05) is 48.5 Å². The third-order valence-corrected chi connectivity index (χ3v) is 5.02. The third-order valence-electron chi connectivity index (χ3n) is 5.02. The molecule has 1 aliphatic heterocycles. The number of likely N-dealkylation sites (N-methyl/N-ethyl adjacent to an activating group) is 1. The van der Waals surface area contributed by atoms with Crippen molar-refractivity contribution < 1.29 is 9.59 Å². The maximum Gasteiger partial charge on any atom is 0.247 e. The van der Waals surface area contributed by atoms with Crippen molar-refractivity contribution in [2.75, 3.05) is 7.05 Å². The fourth-order valence-electron chi connectivity index (χ4n) is 3.50. The quantitative estimate of drug-likeness (QED) is 0.623. The first-order chi connectivity index (χ1) is 13.6. The van der Waals surface area contributed by atoms with Crippen LogP contribution in [0, 0.1) is 0 Å². The van der Waals surface area contributed by atoms with Gasteiger partial charge in [0.25, 0.3) is 0 Å². The third kappa shape index (κ3) is 3.73. The van der Waals surface area contributed by atoms with E-state index in [1.807, 2.05) is 83.5 Å². The Morgan fingerprint density at radius 3 is 2.39 bits per heavy atom. The minimum Gasteiger partial charge on any atom is -0.290 e. The average Bonchev–Trinajstić information content (AvgIpc) is 3.29. The van der Waals surface area contributed by atoms with Crippen LogP contribution < -0.4 is 0 Å². The van der Waals surface area contributed by atoms with Crippen LogP contribution in [0.1, 0.15) is 17.5 Å². The fraction of sp³-hybridized carbons (Fsp3) is 0.227. The second-order valence-corrected chi connectivity index (χ2v) is 7.07. The SMILES string of the molecule is CN(Cc1cnn(-c2ccccc2)c1)C1CC(=O)N(Cc2ccccc2)C1=O. The van der Waals surface area contributed by atoms with E-state index in [9.17, 15) is 9.59 Å². The summed E-state index contributed by atoms with van der Waals surface area (Å²) in [6.07, 6.45) is 3.97. The number of nitrogens with zero attached hydrogens (tertiary/aromatic N) is 4. The molecule has 6 heteroatoms. The number of carbonyl (C=O) groups is 2. The van der Waals surface area contributed by atoms with Gasteiger partial charge in [-0.15, -0.1) is 0 Å². The molecule has 2 aromatic carbocycles. The molecule has 6 nitrogen and oxygen atoms in total. The van der Waals surface area contributed by atoms with Crippen molar-refractivity contribution >= 4 is 11.8 Å². The summed E-state index contributed by atoms with van der Waals surface area (Å²) in [5.41, 5.74) is 2.93. The maximum absolute atomic E-state index is 12.8. The van der Waals surface area contributed by atoms with Crippen molar-refractivity contribution in [3.05, 3.63) is 84.2 Å². The number of benzene rings is 2. The Kier molecular flexibility index (Phi) is 5.04. The van der Waals surface area contributed by atoms with E-state index in [2.05, 4.69) is 5.10 Å².